The summed E-state index contributed by atoms with van der Waals surface area (Å²) in [4.78, 5) is 23.4. The van der Waals surface area contributed by atoms with Crippen LogP contribution in [0.3, 0.4) is 0 Å². The van der Waals surface area contributed by atoms with Crippen molar-refractivity contribution in [2.24, 2.45) is 5.10 Å². The maximum Gasteiger partial charge on any atom is 0.291 e. The lowest BCUT2D eigenvalue weighted by Crippen LogP contribution is -2.18. The van der Waals surface area contributed by atoms with Gasteiger partial charge in [-0.2, -0.15) is 10.2 Å². The van der Waals surface area contributed by atoms with Crippen LogP contribution in [0, 0.1) is 17.0 Å². The predicted octanol–water partition coefficient (Wildman–Crippen LogP) is 5.67. The van der Waals surface area contributed by atoms with Crippen molar-refractivity contribution >= 4 is 28.6 Å². The Bertz CT molecular complexity index is 1630. The highest BCUT2D eigenvalue weighted by Crippen LogP contribution is 2.31. The van der Waals surface area contributed by atoms with E-state index in [9.17, 15) is 14.9 Å². The summed E-state index contributed by atoms with van der Waals surface area (Å²) in [6.07, 6.45) is 1.36. The third kappa shape index (κ3) is 4.60. The highest BCUT2D eigenvalue weighted by molar-refractivity contribution is 5.99. The van der Waals surface area contributed by atoms with Crippen molar-refractivity contribution in [2.45, 2.75) is 6.92 Å². The van der Waals surface area contributed by atoms with Gasteiger partial charge in [0.2, 0.25) is 0 Å². The van der Waals surface area contributed by atoms with Crippen LogP contribution in [0.15, 0.2) is 102 Å². The maximum atomic E-state index is 13.0. The number of carbonyl (C=O) groups is 1. The standard InChI is InChI=1S/C28H21N5O3/c1-19-7-4-11-22(15-19)32-27(25-14-6-10-21-9-2-3-13-24(21)25)17-26(31-32)28(34)30-29-18-20-8-5-12-23(16-20)33(35)36/h2-18H,1H3,(H,30,34)/b29-18-. The molecule has 0 radical (unpaired) electrons. The number of nitro groups is 1. The minimum Gasteiger partial charge on any atom is -0.265 e. The average Bonchev–Trinajstić information content (AvgIpc) is 3.34. The number of aromatic nitrogens is 2. The summed E-state index contributed by atoms with van der Waals surface area (Å²) < 4.78 is 1.76. The van der Waals surface area contributed by atoms with E-state index in [2.05, 4.69) is 15.6 Å². The molecule has 176 valence electrons. The number of non-ortho nitro benzene ring substituents is 1. The lowest BCUT2D eigenvalue weighted by atomic mass is 10.0. The first-order valence-corrected chi connectivity index (χ1v) is 11.2. The number of aryl methyl sites for hydroxylation is 1. The Morgan fingerprint density at radius 2 is 1.75 bits per heavy atom. The molecule has 1 N–H and O–H groups in total. The van der Waals surface area contributed by atoms with Crippen LogP contribution in [0.1, 0.15) is 21.6 Å². The number of hydrogen-bond acceptors (Lipinski definition) is 5. The minimum absolute atomic E-state index is 0.0538. The first-order chi connectivity index (χ1) is 17.5. The van der Waals surface area contributed by atoms with Gasteiger partial charge in [0.25, 0.3) is 11.6 Å². The van der Waals surface area contributed by atoms with E-state index >= 15 is 0 Å². The number of rotatable bonds is 6. The summed E-state index contributed by atoms with van der Waals surface area (Å²) >= 11 is 0. The van der Waals surface area contributed by atoms with Gasteiger partial charge in [-0.1, -0.05) is 66.7 Å². The van der Waals surface area contributed by atoms with E-state index in [1.54, 1.807) is 22.9 Å². The fourth-order valence-corrected chi connectivity index (χ4v) is 4.03. The second-order valence-electron chi connectivity index (χ2n) is 8.24. The SMILES string of the molecule is Cc1cccc(-n2nc(C(=O)N/N=C\c3cccc([N+](=O)[O-])c3)cc2-c2cccc3ccccc23)c1. The van der Waals surface area contributed by atoms with Crippen molar-refractivity contribution in [2.75, 3.05) is 0 Å². The second-order valence-corrected chi connectivity index (χ2v) is 8.24. The molecule has 36 heavy (non-hydrogen) atoms. The summed E-state index contributed by atoms with van der Waals surface area (Å²) in [7, 11) is 0. The summed E-state index contributed by atoms with van der Waals surface area (Å²) in [5, 5.41) is 21.7. The first-order valence-electron chi connectivity index (χ1n) is 11.2. The molecule has 0 unspecified atom stereocenters. The number of nitro benzene ring substituents is 1. The first kappa shape index (κ1) is 22.7. The average molecular weight is 476 g/mol. The zero-order valence-electron chi connectivity index (χ0n) is 19.3. The lowest BCUT2D eigenvalue weighted by Gasteiger charge is -2.10. The number of fused-ring (bicyclic) bond motifs is 1. The Hall–Kier alpha value is -5.11. The van der Waals surface area contributed by atoms with Crippen LogP contribution in [0.5, 0.6) is 0 Å². The minimum atomic E-state index is -0.496. The Morgan fingerprint density at radius 1 is 0.972 bits per heavy atom. The summed E-state index contributed by atoms with van der Waals surface area (Å²) in [6.45, 7) is 2.00. The molecule has 0 bridgehead atoms. The molecule has 8 heteroatoms. The molecule has 1 aromatic heterocycles. The number of carbonyl (C=O) groups excluding carboxylic acids is 1. The van der Waals surface area contributed by atoms with Crippen LogP contribution in [-0.2, 0) is 0 Å². The maximum absolute atomic E-state index is 13.0. The molecule has 0 spiro atoms. The van der Waals surface area contributed by atoms with Gasteiger partial charge in [-0.15, -0.1) is 0 Å². The van der Waals surface area contributed by atoms with Crippen LogP contribution in [0.2, 0.25) is 0 Å². The molecular weight excluding hydrogens is 454 g/mol. The second kappa shape index (κ2) is 9.63. The van der Waals surface area contributed by atoms with Crippen LogP contribution in [0.25, 0.3) is 27.7 Å². The van der Waals surface area contributed by atoms with Crippen LogP contribution in [0.4, 0.5) is 5.69 Å². The lowest BCUT2D eigenvalue weighted by molar-refractivity contribution is -0.384. The van der Waals surface area contributed by atoms with E-state index < -0.39 is 10.8 Å². The van der Waals surface area contributed by atoms with Crippen molar-refractivity contribution in [3.8, 4) is 16.9 Å². The van der Waals surface area contributed by atoms with Crippen molar-refractivity contribution < 1.29 is 9.72 Å². The third-order valence-corrected chi connectivity index (χ3v) is 5.71. The highest BCUT2D eigenvalue weighted by Gasteiger charge is 2.18. The topological polar surface area (TPSA) is 102 Å². The third-order valence-electron chi connectivity index (χ3n) is 5.71. The van der Waals surface area contributed by atoms with Crippen molar-refractivity contribution in [3.05, 3.63) is 124 Å². The van der Waals surface area contributed by atoms with Crippen molar-refractivity contribution in [3.63, 3.8) is 0 Å². The molecule has 0 fully saturated rings. The Kier molecular flexibility index (Phi) is 6.07. The largest absolute Gasteiger partial charge is 0.291 e. The van der Waals surface area contributed by atoms with Gasteiger partial charge in [-0.05, 0) is 41.5 Å². The molecule has 0 aliphatic rings. The van der Waals surface area contributed by atoms with Crippen LogP contribution >= 0.6 is 0 Å². The summed E-state index contributed by atoms with van der Waals surface area (Å²) in [5.41, 5.74) is 6.72. The number of amides is 1. The fourth-order valence-electron chi connectivity index (χ4n) is 4.03. The molecule has 0 atom stereocenters. The molecular formula is C28H21N5O3. The van der Waals surface area contributed by atoms with Gasteiger partial charge < -0.3 is 0 Å². The zero-order chi connectivity index (χ0) is 25.1. The van der Waals surface area contributed by atoms with Crippen LogP contribution < -0.4 is 5.43 Å². The summed E-state index contributed by atoms with van der Waals surface area (Å²) in [6, 6.07) is 29.7. The van der Waals surface area contributed by atoms with E-state index in [4.69, 9.17) is 0 Å². The van der Waals surface area contributed by atoms with Gasteiger partial charge in [0.05, 0.1) is 22.5 Å². The van der Waals surface area contributed by atoms with Gasteiger partial charge in [0.15, 0.2) is 5.69 Å². The normalized spacial score (nSPS) is 11.1. The van der Waals surface area contributed by atoms with Crippen molar-refractivity contribution in [1.29, 1.82) is 0 Å². The smallest absolute Gasteiger partial charge is 0.265 e. The van der Waals surface area contributed by atoms with Crippen molar-refractivity contribution in [1.82, 2.24) is 15.2 Å². The van der Waals surface area contributed by atoms with Gasteiger partial charge in [-0.25, -0.2) is 10.1 Å². The quantitative estimate of drug-likeness (QED) is 0.194. The Morgan fingerprint density at radius 3 is 2.58 bits per heavy atom. The molecule has 5 rings (SSSR count). The van der Waals surface area contributed by atoms with Gasteiger partial charge >= 0.3 is 0 Å². The number of hydrogen-bond donors (Lipinski definition) is 1. The molecule has 0 aliphatic heterocycles. The number of nitrogens with one attached hydrogen (secondary N) is 1. The number of hydrazone groups is 1. The van der Waals surface area contributed by atoms with E-state index in [-0.39, 0.29) is 11.4 Å². The monoisotopic (exact) mass is 475 g/mol. The fraction of sp³-hybridized carbons (Fsp3) is 0.0357. The highest BCUT2D eigenvalue weighted by atomic mass is 16.6. The van der Waals surface area contributed by atoms with E-state index in [1.807, 2.05) is 73.7 Å². The molecule has 1 heterocycles. The van der Waals surface area contributed by atoms with Gasteiger partial charge in [0.1, 0.15) is 0 Å². The molecule has 8 nitrogen and oxygen atoms in total. The molecule has 0 saturated heterocycles. The Labute approximate surface area is 206 Å². The van der Waals surface area contributed by atoms with E-state index in [0.717, 1.165) is 33.3 Å². The molecule has 0 saturated carbocycles. The van der Waals surface area contributed by atoms with E-state index in [0.29, 0.717) is 5.56 Å². The van der Waals surface area contributed by atoms with Crippen LogP contribution in [-0.4, -0.2) is 26.8 Å². The molecule has 4 aromatic carbocycles. The van der Waals surface area contributed by atoms with Gasteiger partial charge in [-0.3, -0.25) is 14.9 Å². The number of nitrogens with zero attached hydrogens (tertiary/aromatic N) is 4. The molecule has 5 aromatic rings. The Balaban J connectivity index is 1.51. The summed E-state index contributed by atoms with van der Waals surface area (Å²) in [5.74, 6) is -0.496. The molecule has 0 aliphatic carbocycles. The number of benzene rings is 4. The predicted molar refractivity (Wildman–Crippen MR) is 139 cm³/mol. The van der Waals surface area contributed by atoms with E-state index in [1.165, 1.54) is 18.3 Å². The zero-order valence-corrected chi connectivity index (χ0v) is 19.3. The molecule has 1 amide bonds. The van der Waals surface area contributed by atoms with Gasteiger partial charge in [0, 0.05) is 23.3 Å².